The first-order valence-electron chi connectivity index (χ1n) is 10.5. The zero-order chi connectivity index (χ0) is 20.3. The summed E-state index contributed by atoms with van der Waals surface area (Å²) < 4.78 is 2.16. The number of aliphatic hydroxyl groups is 1. The van der Waals surface area contributed by atoms with Crippen molar-refractivity contribution >= 4 is 11.0 Å². The van der Waals surface area contributed by atoms with Crippen LogP contribution in [0.25, 0.3) is 11.0 Å². The molecule has 4 aromatic rings. The highest BCUT2D eigenvalue weighted by molar-refractivity contribution is 5.77. The van der Waals surface area contributed by atoms with Gasteiger partial charge in [-0.3, -0.25) is 0 Å². The average Bonchev–Trinajstić information content (AvgIpc) is 3.16. The smallest absolute Gasteiger partial charge is 0.173 e. The Balaban J connectivity index is 1.95. The molecule has 0 saturated carbocycles. The minimum absolute atomic E-state index is 0.667. The van der Waals surface area contributed by atoms with Crippen molar-refractivity contribution in [1.29, 1.82) is 0 Å². The molecule has 3 aromatic carbocycles. The van der Waals surface area contributed by atoms with Crippen molar-refractivity contribution in [1.82, 2.24) is 9.55 Å². The topological polar surface area (TPSA) is 38.1 Å². The van der Waals surface area contributed by atoms with Crippen LogP contribution in [0.15, 0.2) is 78.9 Å². The van der Waals surface area contributed by atoms with Gasteiger partial charge in [0, 0.05) is 6.54 Å². The van der Waals surface area contributed by atoms with Crippen LogP contribution >= 0.6 is 0 Å². The van der Waals surface area contributed by atoms with Crippen molar-refractivity contribution in [3.8, 4) is 0 Å². The van der Waals surface area contributed by atoms with Crippen LogP contribution in [-0.2, 0) is 18.6 Å². The summed E-state index contributed by atoms with van der Waals surface area (Å²) in [4.78, 5) is 4.94. The second-order valence-corrected chi connectivity index (χ2v) is 7.55. The fourth-order valence-corrected chi connectivity index (χ4v) is 4.08. The summed E-state index contributed by atoms with van der Waals surface area (Å²) in [6.07, 6.45) is 3.42. The van der Waals surface area contributed by atoms with Crippen molar-refractivity contribution in [3.63, 3.8) is 0 Å². The third-order valence-corrected chi connectivity index (χ3v) is 5.65. The van der Waals surface area contributed by atoms with E-state index in [2.05, 4.69) is 36.6 Å². The lowest BCUT2D eigenvalue weighted by atomic mass is 9.85. The number of hydrogen-bond donors (Lipinski definition) is 1. The maximum atomic E-state index is 12.2. The first kappa shape index (κ1) is 19.4. The Morgan fingerprint density at radius 1 is 0.862 bits per heavy atom. The number of unbranched alkanes of at least 4 members (excludes halogenated alkanes) is 1. The minimum Gasteiger partial charge on any atom is -0.373 e. The molecule has 4 rings (SSSR count). The van der Waals surface area contributed by atoms with E-state index < -0.39 is 5.60 Å². The van der Waals surface area contributed by atoms with Gasteiger partial charge in [0.2, 0.25) is 0 Å². The van der Waals surface area contributed by atoms with Gasteiger partial charge in [-0.2, -0.15) is 0 Å². The molecule has 0 saturated heterocycles. The zero-order valence-electron chi connectivity index (χ0n) is 17.2. The number of nitrogens with zero attached hydrogens (tertiary/aromatic N) is 2. The van der Waals surface area contributed by atoms with Gasteiger partial charge in [0.15, 0.2) is 11.4 Å². The van der Waals surface area contributed by atoms with E-state index in [9.17, 15) is 5.11 Å². The maximum Gasteiger partial charge on any atom is 0.173 e. The number of aryl methyl sites for hydroxylation is 2. The third-order valence-electron chi connectivity index (χ3n) is 5.65. The summed E-state index contributed by atoms with van der Waals surface area (Å²) in [7, 11) is 0. The normalized spacial score (nSPS) is 11.8. The second kappa shape index (κ2) is 8.22. The lowest BCUT2D eigenvalue weighted by Gasteiger charge is -2.29. The molecule has 3 nitrogen and oxygen atoms in total. The molecule has 0 amide bonds. The number of rotatable bonds is 7. The Kier molecular flexibility index (Phi) is 5.50. The zero-order valence-corrected chi connectivity index (χ0v) is 17.2. The van der Waals surface area contributed by atoms with Crippen LogP contribution in [0.4, 0.5) is 0 Å². The van der Waals surface area contributed by atoms with Gasteiger partial charge in [-0.05, 0) is 48.6 Å². The number of hydrogen-bond acceptors (Lipinski definition) is 2. The fourth-order valence-electron chi connectivity index (χ4n) is 4.08. The molecule has 0 atom stereocenters. The van der Waals surface area contributed by atoms with Crippen molar-refractivity contribution < 1.29 is 5.11 Å². The molecule has 0 aliphatic carbocycles. The van der Waals surface area contributed by atoms with Crippen LogP contribution in [0.1, 0.15) is 49.2 Å². The highest BCUT2D eigenvalue weighted by Crippen LogP contribution is 2.37. The summed E-state index contributed by atoms with van der Waals surface area (Å²) >= 11 is 0. The summed E-state index contributed by atoms with van der Waals surface area (Å²) in [5.41, 5.74) is 3.66. The number of imidazole rings is 1. The average molecular weight is 385 g/mol. The van der Waals surface area contributed by atoms with Crippen LogP contribution in [-0.4, -0.2) is 14.7 Å². The summed E-state index contributed by atoms with van der Waals surface area (Å²) in [6, 6.07) is 26.2. The molecule has 0 aliphatic rings. The van der Waals surface area contributed by atoms with Gasteiger partial charge in [0.05, 0.1) is 11.0 Å². The van der Waals surface area contributed by atoms with Gasteiger partial charge in [0.1, 0.15) is 0 Å². The highest BCUT2D eigenvalue weighted by atomic mass is 16.3. The molecule has 1 aromatic heterocycles. The van der Waals surface area contributed by atoms with E-state index in [1.54, 1.807) is 0 Å². The van der Waals surface area contributed by atoms with E-state index in [4.69, 9.17) is 4.98 Å². The molecule has 148 valence electrons. The van der Waals surface area contributed by atoms with Gasteiger partial charge >= 0.3 is 0 Å². The van der Waals surface area contributed by atoms with E-state index in [1.807, 2.05) is 60.7 Å². The molecule has 0 aliphatic heterocycles. The van der Waals surface area contributed by atoms with E-state index in [1.165, 1.54) is 18.4 Å². The second-order valence-electron chi connectivity index (χ2n) is 7.55. The molecule has 3 heteroatoms. The minimum atomic E-state index is -1.32. The van der Waals surface area contributed by atoms with Gasteiger partial charge in [0.25, 0.3) is 0 Å². The lowest BCUT2D eigenvalue weighted by Crippen LogP contribution is -2.32. The Morgan fingerprint density at radius 3 is 2.03 bits per heavy atom. The Labute approximate surface area is 172 Å². The first-order valence-corrected chi connectivity index (χ1v) is 10.5. The van der Waals surface area contributed by atoms with E-state index in [-0.39, 0.29) is 0 Å². The van der Waals surface area contributed by atoms with Gasteiger partial charge < -0.3 is 9.67 Å². The van der Waals surface area contributed by atoms with Crippen LogP contribution in [0.2, 0.25) is 0 Å². The van der Waals surface area contributed by atoms with Gasteiger partial charge in [-0.1, -0.05) is 80.1 Å². The van der Waals surface area contributed by atoms with Crippen molar-refractivity contribution in [2.75, 3.05) is 0 Å². The van der Waals surface area contributed by atoms with Crippen LogP contribution in [0.3, 0.4) is 0 Å². The van der Waals surface area contributed by atoms with Crippen molar-refractivity contribution in [2.24, 2.45) is 0 Å². The Morgan fingerprint density at radius 2 is 1.48 bits per heavy atom. The van der Waals surface area contributed by atoms with Crippen LogP contribution in [0, 0.1) is 0 Å². The Hall–Kier alpha value is -2.91. The predicted octanol–water partition coefficient (Wildman–Crippen LogP) is 5.68. The molecular weight excluding hydrogens is 356 g/mol. The molecule has 1 N–H and O–H groups in total. The molecular formula is C26H28N2O. The highest BCUT2D eigenvalue weighted by Gasteiger charge is 2.38. The predicted molar refractivity (Wildman–Crippen MR) is 119 cm³/mol. The van der Waals surface area contributed by atoms with Gasteiger partial charge in [-0.25, -0.2) is 4.98 Å². The molecule has 1 heterocycles. The summed E-state index contributed by atoms with van der Waals surface area (Å²) in [6.45, 7) is 5.07. The fraction of sp³-hybridized carbons (Fsp3) is 0.269. The Bertz CT molecular complexity index is 1040. The van der Waals surface area contributed by atoms with Crippen LogP contribution in [0.5, 0.6) is 0 Å². The number of aromatic nitrogens is 2. The molecule has 0 bridgehead atoms. The first-order chi connectivity index (χ1) is 14.2. The molecule has 0 spiro atoms. The monoisotopic (exact) mass is 384 g/mol. The maximum absolute atomic E-state index is 12.2. The van der Waals surface area contributed by atoms with Crippen LogP contribution < -0.4 is 0 Å². The van der Waals surface area contributed by atoms with Gasteiger partial charge in [-0.15, -0.1) is 0 Å². The molecule has 0 fully saturated rings. The van der Waals surface area contributed by atoms with E-state index >= 15 is 0 Å². The molecule has 0 radical (unpaired) electrons. The number of fused-ring (bicyclic) bond motifs is 1. The third kappa shape index (κ3) is 3.47. The molecule has 0 unspecified atom stereocenters. The molecule has 29 heavy (non-hydrogen) atoms. The van der Waals surface area contributed by atoms with E-state index in [0.29, 0.717) is 5.82 Å². The summed E-state index contributed by atoms with van der Waals surface area (Å²) in [5, 5.41) is 12.2. The standard InChI is InChI=1S/C26H28N2O/c1-3-5-12-20-17-18-23-24(19-20)28(4-2)25(27-23)26(29,21-13-8-6-9-14-21)22-15-10-7-11-16-22/h6-11,13-19,29H,3-5,12H2,1-2H3. The lowest BCUT2D eigenvalue weighted by molar-refractivity contribution is 0.112. The van der Waals surface area contributed by atoms with Crippen molar-refractivity contribution in [3.05, 3.63) is 101 Å². The van der Waals surface area contributed by atoms with E-state index in [0.717, 1.165) is 35.1 Å². The summed E-state index contributed by atoms with van der Waals surface area (Å²) in [5.74, 6) is 0.667. The largest absolute Gasteiger partial charge is 0.373 e. The number of benzene rings is 3. The quantitative estimate of drug-likeness (QED) is 0.445. The van der Waals surface area contributed by atoms with Crippen molar-refractivity contribution in [2.45, 2.75) is 45.3 Å². The SMILES string of the molecule is CCCCc1ccc2nc(C(O)(c3ccccc3)c3ccccc3)n(CC)c2c1.